The van der Waals surface area contributed by atoms with Gasteiger partial charge < -0.3 is 18.9 Å². The first-order valence-electron chi connectivity index (χ1n) is 43.7. The van der Waals surface area contributed by atoms with Crippen LogP contribution >= 0.6 is 7.82 Å². The third kappa shape index (κ3) is 83.2. The van der Waals surface area contributed by atoms with Crippen molar-refractivity contribution in [3.8, 4) is 0 Å². The van der Waals surface area contributed by atoms with E-state index in [4.69, 9.17) is 18.5 Å². The van der Waals surface area contributed by atoms with Gasteiger partial charge in [0.15, 0.2) is 6.10 Å². The van der Waals surface area contributed by atoms with Crippen molar-refractivity contribution in [3.63, 3.8) is 0 Å². The predicted octanol–water partition coefficient (Wildman–Crippen LogP) is 29.3. The highest BCUT2D eigenvalue weighted by Crippen LogP contribution is 2.43. The zero-order chi connectivity index (χ0) is 71.1. The Kier molecular flexibility index (Phi) is 77.9. The minimum Gasteiger partial charge on any atom is -0.462 e. The molecular formula is C88H171NO8P+. The molecule has 2 atom stereocenters. The number of phosphoric acid groups is 1. The number of rotatable bonds is 83. The highest BCUT2D eigenvalue weighted by Gasteiger charge is 2.27. The maximum Gasteiger partial charge on any atom is 0.472 e. The quantitative estimate of drug-likeness (QED) is 0.0211. The van der Waals surface area contributed by atoms with Crippen LogP contribution in [0.25, 0.3) is 0 Å². The Hall–Kier alpha value is -1.77. The van der Waals surface area contributed by atoms with Gasteiger partial charge in [-0.15, -0.1) is 0 Å². The molecule has 9 nitrogen and oxygen atoms in total. The normalized spacial score (nSPS) is 13.1. The Labute approximate surface area is 612 Å². The number of allylic oxidation sites excluding steroid dienone is 6. The van der Waals surface area contributed by atoms with E-state index in [1.54, 1.807) is 0 Å². The summed E-state index contributed by atoms with van der Waals surface area (Å²) in [6, 6.07) is 0. The maximum atomic E-state index is 12.9. The number of likely N-dealkylation sites (N-methyl/N-ethyl adjacent to an activating group) is 1. The number of hydrogen-bond donors (Lipinski definition) is 1. The SMILES string of the molecule is CCCCCCC/C=C\C/C=C\C/C=C\CCCCCCCCCCCCCCCCCCCCCCCCCCC(=O)OC(COC(=O)CCCCCCCCCCCCCCCCCCCCCCCCCCCCCCCCCCCCC)COP(=O)(O)OCC[N+](C)(C)C. The van der Waals surface area contributed by atoms with E-state index in [1.165, 1.54) is 385 Å². The Morgan fingerprint density at radius 1 is 0.316 bits per heavy atom. The summed E-state index contributed by atoms with van der Waals surface area (Å²) in [6.45, 7) is 4.52. The number of carbonyl (C=O) groups excluding carboxylic acids is 2. The van der Waals surface area contributed by atoms with Crippen molar-refractivity contribution >= 4 is 19.8 Å². The van der Waals surface area contributed by atoms with Gasteiger partial charge in [-0.05, 0) is 51.4 Å². The van der Waals surface area contributed by atoms with E-state index in [-0.39, 0.29) is 25.6 Å². The van der Waals surface area contributed by atoms with E-state index in [0.29, 0.717) is 17.4 Å². The molecule has 0 aliphatic rings. The predicted molar refractivity (Wildman–Crippen MR) is 427 cm³/mol. The van der Waals surface area contributed by atoms with Crippen molar-refractivity contribution in [2.24, 2.45) is 0 Å². The van der Waals surface area contributed by atoms with Crippen LogP contribution in [-0.4, -0.2) is 74.9 Å². The third-order valence-electron chi connectivity index (χ3n) is 20.2. The van der Waals surface area contributed by atoms with Gasteiger partial charge >= 0.3 is 19.8 Å². The molecule has 0 saturated heterocycles. The lowest BCUT2D eigenvalue weighted by Crippen LogP contribution is -2.37. The topological polar surface area (TPSA) is 108 Å². The van der Waals surface area contributed by atoms with Crippen LogP contribution in [0.2, 0.25) is 0 Å². The van der Waals surface area contributed by atoms with Crippen LogP contribution < -0.4 is 0 Å². The first kappa shape index (κ1) is 96.2. The highest BCUT2D eigenvalue weighted by molar-refractivity contribution is 7.47. The molecule has 0 aliphatic heterocycles. The van der Waals surface area contributed by atoms with Gasteiger partial charge in [0.1, 0.15) is 19.8 Å². The largest absolute Gasteiger partial charge is 0.472 e. The molecule has 2 unspecified atom stereocenters. The lowest BCUT2D eigenvalue weighted by Gasteiger charge is -2.24. The number of carbonyl (C=O) groups is 2. The van der Waals surface area contributed by atoms with Crippen molar-refractivity contribution in [3.05, 3.63) is 36.5 Å². The van der Waals surface area contributed by atoms with Crippen LogP contribution in [0.4, 0.5) is 0 Å². The van der Waals surface area contributed by atoms with Gasteiger partial charge in [-0.1, -0.05) is 436 Å². The standard InChI is InChI=1S/C88H170NO8P/c1-6-8-10-12-14-16-18-20-22-24-26-28-30-32-34-36-38-40-42-43-44-45-47-49-51-53-55-57-59-61-63-65-67-69-71-73-75-77-79-81-88(91)97-86(85-96-98(92,93)95-83-82-89(3,4)5)84-94-87(90)80-78-76-74-72-70-68-66-64-62-60-58-56-54-52-50-48-46-41-39-37-35-33-31-29-27-25-23-21-19-17-15-13-11-9-7-2/h18,20,24,26,30,32,86H,6-17,19,21-23,25,27-29,31,33-85H2,1-5H3/p+1/b20-18-,26-24-,32-30-. The Bertz CT molecular complexity index is 1740. The molecule has 0 aliphatic carbocycles. The van der Waals surface area contributed by atoms with E-state index < -0.39 is 26.5 Å². The lowest BCUT2D eigenvalue weighted by molar-refractivity contribution is -0.870. The van der Waals surface area contributed by atoms with Crippen LogP contribution in [0.5, 0.6) is 0 Å². The Morgan fingerprint density at radius 3 is 0.816 bits per heavy atom. The second-order valence-corrected chi connectivity index (χ2v) is 32.7. The van der Waals surface area contributed by atoms with E-state index in [9.17, 15) is 19.0 Å². The van der Waals surface area contributed by atoms with Crippen LogP contribution in [0.3, 0.4) is 0 Å². The fourth-order valence-corrected chi connectivity index (χ4v) is 14.2. The highest BCUT2D eigenvalue weighted by atomic mass is 31.2. The summed E-state index contributed by atoms with van der Waals surface area (Å²) in [4.78, 5) is 36.0. The fraction of sp³-hybridized carbons (Fsp3) is 0.909. The summed E-state index contributed by atoms with van der Waals surface area (Å²) in [6.07, 6.45) is 105. The molecule has 0 radical (unpaired) electrons. The van der Waals surface area contributed by atoms with E-state index in [2.05, 4.69) is 50.3 Å². The average molecular weight is 1400 g/mol. The first-order chi connectivity index (χ1) is 48.0. The summed E-state index contributed by atoms with van der Waals surface area (Å²) in [5, 5.41) is 0. The molecule has 580 valence electrons. The second-order valence-electron chi connectivity index (χ2n) is 31.3. The molecule has 0 rings (SSSR count). The van der Waals surface area contributed by atoms with Gasteiger partial charge in [0.25, 0.3) is 0 Å². The molecular weight excluding hydrogens is 1230 g/mol. The van der Waals surface area contributed by atoms with Gasteiger partial charge in [0.05, 0.1) is 27.7 Å². The van der Waals surface area contributed by atoms with Gasteiger partial charge in [-0.3, -0.25) is 18.6 Å². The summed E-state index contributed by atoms with van der Waals surface area (Å²) in [5.41, 5.74) is 0. The number of esters is 2. The van der Waals surface area contributed by atoms with E-state index >= 15 is 0 Å². The molecule has 1 N–H and O–H groups in total. The lowest BCUT2D eigenvalue weighted by atomic mass is 10.0. The van der Waals surface area contributed by atoms with Crippen molar-refractivity contribution in [1.82, 2.24) is 0 Å². The van der Waals surface area contributed by atoms with Crippen molar-refractivity contribution in [1.29, 1.82) is 0 Å². The average Bonchev–Trinajstić information content (AvgIpc) is 1.23. The van der Waals surface area contributed by atoms with Gasteiger partial charge in [-0.25, -0.2) is 4.57 Å². The Balaban J connectivity index is 3.85. The van der Waals surface area contributed by atoms with Crippen LogP contribution in [0.15, 0.2) is 36.5 Å². The van der Waals surface area contributed by atoms with Gasteiger partial charge in [-0.2, -0.15) is 0 Å². The molecule has 98 heavy (non-hydrogen) atoms. The third-order valence-corrected chi connectivity index (χ3v) is 21.2. The van der Waals surface area contributed by atoms with Crippen molar-refractivity contribution in [2.75, 3.05) is 47.5 Å². The molecule has 0 bridgehead atoms. The number of unbranched alkanes of at least 4 members (excludes halogenated alkanes) is 63. The zero-order valence-electron chi connectivity index (χ0n) is 66.6. The minimum atomic E-state index is -4.39. The molecule has 0 aromatic rings. The maximum absolute atomic E-state index is 12.9. The van der Waals surface area contributed by atoms with Crippen LogP contribution in [0.1, 0.15) is 463 Å². The second kappa shape index (κ2) is 79.3. The van der Waals surface area contributed by atoms with Crippen molar-refractivity contribution in [2.45, 2.75) is 469 Å². The van der Waals surface area contributed by atoms with Gasteiger partial charge in [0, 0.05) is 12.8 Å². The molecule has 0 amide bonds. The fourth-order valence-electron chi connectivity index (χ4n) is 13.5. The zero-order valence-corrected chi connectivity index (χ0v) is 67.5. The first-order valence-corrected chi connectivity index (χ1v) is 45.2. The summed E-state index contributed by atoms with van der Waals surface area (Å²) >= 11 is 0. The number of ether oxygens (including phenoxy) is 2. The summed E-state index contributed by atoms with van der Waals surface area (Å²) in [5.74, 6) is -0.767. The molecule has 0 fully saturated rings. The monoisotopic (exact) mass is 1400 g/mol. The number of hydrogen-bond acceptors (Lipinski definition) is 7. The summed E-state index contributed by atoms with van der Waals surface area (Å²) in [7, 11) is 1.51. The van der Waals surface area contributed by atoms with Crippen LogP contribution in [0, 0.1) is 0 Å². The summed E-state index contributed by atoms with van der Waals surface area (Å²) < 4.78 is 34.9. The Morgan fingerprint density at radius 2 is 0.551 bits per heavy atom. The molecule has 0 saturated carbocycles. The smallest absolute Gasteiger partial charge is 0.462 e. The minimum absolute atomic E-state index is 0.0359. The number of nitrogens with zero attached hydrogens (tertiary/aromatic N) is 1. The van der Waals surface area contributed by atoms with Crippen LogP contribution in [-0.2, 0) is 32.7 Å². The number of phosphoric ester groups is 1. The molecule has 10 heteroatoms. The molecule has 0 aromatic heterocycles. The van der Waals surface area contributed by atoms with E-state index in [1.807, 2.05) is 21.1 Å². The van der Waals surface area contributed by atoms with E-state index in [0.717, 1.165) is 51.4 Å². The van der Waals surface area contributed by atoms with Crippen molar-refractivity contribution < 1.29 is 42.1 Å². The number of quaternary nitrogens is 1. The van der Waals surface area contributed by atoms with Gasteiger partial charge in [0.2, 0.25) is 0 Å². The molecule has 0 heterocycles. The molecule has 0 aromatic carbocycles. The molecule has 0 spiro atoms.